The van der Waals surface area contributed by atoms with Gasteiger partial charge in [0.05, 0.1) is 12.2 Å². The van der Waals surface area contributed by atoms with Crippen molar-refractivity contribution >= 4 is 29.3 Å². The number of aryl methyl sites for hydroxylation is 1. The van der Waals surface area contributed by atoms with Crippen LogP contribution in [0, 0.1) is 12.7 Å². The fraction of sp³-hybridized carbons (Fsp3) is 0.417. The van der Waals surface area contributed by atoms with Gasteiger partial charge in [0.2, 0.25) is 5.91 Å². The van der Waals surface area contributed by atoms with Gasteiger partial charge >= 0.3 is 0 Å². The van der Waals surface area contributed by atoms with Crippen molar-refractivity contribution in [3.8, 4) is 0 Å². The Morgan fingerprint density at radius 1 is 1.06 bits per heavy atom. The predicted octanol–water partition coefficient (Wildman–Crippen LogP) is 3.81. The van der Waals surface area contributed by atoms with Crippen LogP contribution in [0.4, 0.5) is 10.1 Å². The van der Waals surface area contributed by atoms with E-state index in [1.807, 2.05) is 34.9 Å². The van der Waals surface area contributed by atoms with E-state index in [4.69, 9.17) is 0 Å². The maximum atomic E-state index is 13.8. The molecular weight excluding hydrogens is 413 g/mol. The highest BCUT2D eigenvalue weighted by molar-refractivity contribution is 8.00. The standard InChI is InChI=1S/C24H28FN3O2S/c1-17-7-8-19(15-20(17)25)24(30)27-13-11-26(12-14-27)16-23(29)28-10-9-18(2)31-22-6-4-3-5-21(22)28/h3-8,15,18H,9-14,16H2,1-2H3. The molecule has 0 spiro atoms. The smallest absolute Gasteiger partial charge is 0.254 e. The number of nitrogens with zero attached hydrogens (tertiary/aromatic N) is 3. The number of para-hydroxylation sites is 1. The summed E-state index contributed by atoms with van der Waals surface area (Å²) in [5.74, 6) is -0.417. The van der Waals surface area contributed by atoms with Gasteiger partial charge in [-0.05, 0) is 43.2 Å². The van der Waals surface area contributed by atoms with Crippen molar-refractivity contribution in [2.24, 2.45) is 0 Å². The van der Waals surface area contributed by atoms with Crippen LogP contribution in [0.3, 0.4) is 0 Å². The molecule has 7 heteroatoms. The van der Waals surface area contributed by atoms with Crippen LogP contribution in [0.1, 0.15) is 29.3 Å². The molecule has 1 unspecified atom stereocenters. The predicted molar refractivity (Wildman–Crippen MR) is 122 cm³/mol. The number of thioether (sulfide) groups is 1. The number of rotatable bonds is 3. The summed E-state index contributed by atoms with van der Waals surface area (Å²) < 4.78 is 13.8. The first-order chi connectivity index (χ1) is 14.9. The van der Waals surface area contributed by atoms with Crippen molar-refractivity contribution in [2.75, 3.05) is 44.2 Å². The molecule has 2 aromatic carbocycles. The van der Waals surface area contributed by atoms with Crippen LogP contribution >= 0.6 is 11.8 Å². The molecule has 1 atom stereocenters. The van der Waals surface area contributed by atoms with E-state index in [0.717, 1.165) is 23.5 Å². The van der Waals surface area contributed by atoms with Gasteiger partial charge in [-0.25, -0.2) is 4.39 Å². The molecule has 0 N–H and O–H groups in total. The van der Waals surface area contributed by atoms with Crippen LogP contribution in [0.15, 0.2) is 47.4 Å². The van der Waals surface area contributed by atoms with Crippen LogP contribution in [-0.4, -0.2) is 66.1 Å². The number of hydrogen-bond donors (Lipinski definition) is 0. The van der Waals surface area contributed by atoms with Crippen LogP contribution in [0.25, 0.3) is 0 Å². The molecule has 0 bridgehead atoms. The number of hydrogen-bond acceptors (Lipinski definition) is 4. The van der Waals surface area contributed by atoms with Gasteiger partial charge in [0, 0.05) is 48.4 Å². The van der Waals surface area contributed by atoms with Crippen molar-refractivity contribution in [1.29, 1.82) is 0 Å². The molecule has 2 amide bonds. The normalized spacial score (nSPS) is 19.6. The molecule has 2 aliphatic heterocycles. The Hall–Kier alpha value is -2.38. The van der Waals surface area contributed by atoms with E-state index in [-0.39, 0.29) is 17.6 Å². The van der Waals surface area contributed by atoms with Crippen molar-refractivity contribution in [1.82, 2.24) is 9.80 Å². The van der Waals surface area contributed by atoms with Crippen LogP contribution in [0.2, 0.25) is 0 Å². The molecule has 164 valence electrons. The van der Waals surface area contributed by atoms with E-state index in [9.17, 15) is 14.0 Å². The summed E-state index contributed by atoms with van der Waals surface area (Å²) in [4.78, 5) is 32.8. The Kier molecular flexibility index (Phi) is 6.62. The minimum absolute atomic E-state index is 0.0996. The molecule has 2 aliphatic rings. The molecule has 0 aromatic heterocycles. The number of piperazine rings is 1. The highest BCUT2D eigenvalue weighted by atomic mass is 32.2. The molecule has 31 heavy (non-hydrogen) atoms. The topological polar surface area (TPSA) is 43.9 Å². The third kappa shape index (κ3) is 4.93. The van der Waals surface area contributed by atoms with E-state index in [1.54, 1.807) is 24.0 Å². The summed E-state index contributed by atoms with van der Waals surface area (Å²) in [5.41, 5.74) is 1.90. The Labute approximate surface area is 187 Å². The minimum atomic E-state index is -0.361. The van der Waals surface area contributed by atoms with Crippen molar-refractivity contribution in [3.63, 3.8) is 0 Å². The molecule has 5 nitrogen and oxygen atoms in total. The Balaban J connectivity index is 1.36. The number of carbonyl (C=O) groups excluding carboxylic acids is 2. The van der Waals surface area contributed by atoms with Gasteiger partial charge < -0.3 is 9.80 Å². The molecule has 2 heterocycles. The number of fused-ring (bicyclic) bond motifs is 1. The van der Waals surface area contributed by atoms with Gasteiger partial charge in [-0.3, -0.25) is 14.5 Å². The quantitative estimate of drug-likeness (QED) is 0.727. The van der Waals surface area contributed by atoms with Crippen LogP contribution in [-0.2, 0) is 4.79 Å². The number of anilines is 1. The second-order valence-electron chi connectivity index (χ2n) is 8.26. The zero-order valence-corrected chi connectivity index (χ0v) is 18.8. The average Bonchev–Trinajstić information content (AvgIpc) is 2.94. The van der Waals surface area contributed by atoms with E-state index in [2.05, 4.69) is 17.9 Å². The van der Waals surface area contributed by atoms with Crippen molar-refractivity contribution in [3.05, 3.63) is 59.4 Å². The lowest BCUT2D eigenvalue weighted by Crippen LogP contribution is -2.51. The lowest BCUT2D eigenvalue weighted by molar-refractivity contribution is -0.120. The van der Waals surface area contributed by atoms with Gasteiger partial charge in [0.25, 0.3) is 5.91 Å². The van der Waals surface area contributed by atoms with Crippen molar-refractivity contribution < 1.29 is 14.0 Å². The summed E-state index contributed by atoms with van der Waals surface area (Å²) in [5, 5.41) is 0.472. The number of halogens is 1. The minimum Gasteiger partial charge on any atom is -0.336 e. The molecule has 2 aromatic rings. The first-order valence-electron chi connectivity index (χ1n) is 10.8. The third-order valence-corrected chi connectivity index (χ3v) is 7.22. The lowest BCUT2D eigenvalue weighted by atomic mass is 10.1. The van der Waals surface area contributed by atoms with Crippen LogP contribution < -0.4 is 4.90 Å². The zero-order valence-electron chi connectivity index (χ0n) is 18.0. The SMILES string of the molecule is Cc1ccc(C(=O)N2CCN(CC(=O)N3CCC(C)Sc4ccccc43)CC2)cc1F. The molecular formula is C24H28FN3O2S. The third-order valence-electron chi connectivity index (χ3n) is 5.98. The summed E-state index contributed by atoms with van der Waals surface area (Å²) in [6, 6.07) is 12.7. The maximum absolute atomic E-state index is 13.8. The number of benzene rings is 2. The second kappa shape index (κ2) is 9.40. The summed E-state index contributed by atoms with van der Waals surface area (Å²) in [6.45, 7) is 7.28. The summed E-state index contributed by atoms with van der Waals surface area (Å²) in [6.07, 6.45) is 0.959. The van der Waals surface area contributed by atoms with E-state index in [0.29, 0.717) is 49.1 Å². The first kappa shape index (κ1) is 21.8. The Morgan fingerprint density at radius 3 is 2.55 bits per heavy atom. The molecule has 0 aliphatic carbocycles. The molecule has 0 saturated carbocycles. The summed E-state index contributed by atoms with van der Waals surface area (Å²) >= 11 is 1.82. The van der Waals surface area contributed by atoms with Gasteiger partial charge in [-0.2, -0.15) is 0 Å². The average molecular weight is 442 g/mol. The molecule has 1 saturated heterocycles. The highest BCUT2D eigenvalue weighted by Crippen LogP contribution is 2.37. The van der Waals surface area contributed by atoms with Gasteiger partial charge in [-0.15, -0.1) is 11.8 Å². The van der Waals surface area contributed by atoms with Crippen molar-refractivity contribution in [2.45, 2.75) is 30.4 Å². The Morgan fingerprint density at radius 2 is 1.81 bits per heavy atom. The number of amides is 2. The molecule has 0 radical (unpaired) electrons. The van der Waals surface area contributed by atoms with E-state index >= 15 is 0 Å². The fourth-order valence-corrected chi connectivity index (χ4v) is 5.15. The van der Waals surface area contributed by atoms with Gasteiger partial charge in [0.15, 0.2) is 0 Å². The maximum Gasteiger partial charge on any atom is 0.254 e. The Bertz CT molecular complexity index is 975. The zero-order chi connectivity index (χ0) is 22.0. The molecule has 4 rings (SSSR count). The largest absolute Gasteiger partial charge is 0.336 e. The molecule has 1 fully saturated rings. The summed E-state index contributed by atoms with van der Waals surface area (Å²) in [7, 11) is 0. The highest BCUT2D eigenvalue weighted by Gasteiger charge is 2.28. The van der Waals surface area contributed by atoms with Gasteiger partial charge in [-0.1, -0.05) is 25.1 Å². The van der Waals surface area contributed by atoms with Gasteiger partial charge in [0.1, 0.15) is 5.82 Å². The monoisotopic (exact) mass is 441 g/mol. The van der Waals surface area contributed by atoms with Crippen LogP contribution in [0.5, 0.6) is 0 Å². The fourth-order valence-electron chi connectivity index (χ4n) is 4.04. The first-order valence-corrected chi connectivity index (χ1v) is 11.6. The van der Waals surface area contributed by atoms with E-state index in [1.165, 1.54) is 6.07 Å². The second-order valence-corrected chi connectivity index (χ2v) is 9.74. The van der Waals surface area contributed by atoms with E-state index < -0.39 is 0 Å². The lowest BCUT2D eigenvalue weighted by Gasteiger charge is -2.35. The number of carbonyl (C=O) groups is 2.